The van der Waals surface area contributed by atoms with Crippen molar-refractivity contribution in [1.29, 1.82) is 0 Å². The van der Waals surface area contributed by atoms with Gasteiger partial charge in [0.2, 0.25) is 5.91 Å². The molecular weight excluding hydrogens is 230 g/mol. The summed E-state index contributed by atoms with van der Waals surface area (Å²) < 4.78 is 0. The lowest BCUT2D eigenvalue weighted by Crippen LogP contribution is -2.46. The highest BCUT2D eigenvalue weighted by molar-refractivity contribution is 5.91. The van der Waals surface area contributed by atoms with Crippen molar-refractivity contribution in [1.82, 2.24) is 5.32 Å². The second kappa shape index (κ2) is 4.44. The molecule has 4 nitrogen and oxygen atoms in total. The first-order valence-corrected chi connectivity index (χ1v) is 6.09. The molecule has 1 heterocycles. The SMILES string of the molecule is CCC1(c2ccc(C)cc2)CC(=O)NC1C(=O)O. The Hall–Kier alpha value is -1.84. The number of carbonyl (C=O) groups excluding carboxylic acids is 1. The van der Waals surface area contributed by atoms with Gasteiger partial charge in [-0.15, -0.1) is 0 Å². The zero-order valence-electron chi connectivity index (χ0n) is 10.6. The van der Waals surface area contributed by atoms with Crippen molar-refractivity contribution < 1.29 is 14.7 Å². The zero-order valence-corrected chi connectivity index (χ0v) is 10.6. The monoisotopic (exact) mass is 247 g/mol. The van der Waals surface area contributed by atoms with Gasteiger partial charge >= 0.3 is 5.97 Å². The summed E-state index contributed by atoms with van der Waals surface area (Å²) in [4.78, 5) is 22.9. The minimum Gasteiger partial charge on any atom is -0.480 e. The van der Waals surface area contributed by atoms with Gasteiger partial charge in [-0.05, 0) is 18.9 Å². The molecule has 1 aromatic rings. The molecule has 2 unspecified atom stereocenters. The average Bonchev–Trinajstić information content (AvgIpc) is 2.68. The van der Waals surface area contributed by atoms with E-state index in [2.05, 4.69) is 5.32 Å². The predicted octanol–water partition coefficient (Wildman–Crippen LogP) is 1.62. The lowest BCUT2D eigenvalue weighted by molar-refractivity contribution is -0.141. The minimum absolute atomic E-state index is 0.190. The van der Waals surface area contributed by atoms with Crippen LogP contribution in [0, 0.1) is 6.92 Å². The van der Waals surface area contributed by atoms with E-state index in [1.165, 1.54) is 0 Å². The summed E-state index contributed by atoms with van der Waals surface area (Å²) in [5, 5.41) is 11.9. The molecule has 1 amide bonds. The van der Waals surface area contributed by atoms with Gasteiger partial charge in [-0.2, -0.15) is 0 Å². The molecule has 2 atom stereocenters. The summed E-state index contributed by atoms with van der Waals surface area (Å²) in [7, 11) is 0. The summed E-state index contributed by atoms with van der Waals surface area (Å²) in [6, 6.07) is 6.92. The topological polar surface area (TPSA) is 66.4 Å². The van der Waals surface area contributed by atoms with E-state index in [1.54, 1.807) is 0 Å². The van der Waals surface area contributed by atoms with E-state index in [0.717, 1.165) is 11.1 Å². The second-order valence-electron chi connectivity index (χ2n) is 4.89. The molecule has 0 bridgehead atoms. The Morgan fingerprint density at radius 1 is 1.44 bits per heavy atom. The molecule has 96 valence electrons. The van der Waals surface area contributed by atoms with Gasteiger partial charge in [-0.25, -0.2) is 4.79 Å². The number of hydrogen-bond donors (Lipinski definition) is 2. The number of benzene rings is 1. The first-order chi connectivity index (χ1) is 8.49. The van der Waals surface area contributed by atoms with Crippen LogP contribution in [0.25, 0.3) is 0 Å². The second-order valence-corrected chi connectivity index (χ2v) is 4.89. The summed E-state index contributed by atoms with van der Waals surface area (Å²) >= 11 is 0. The molecule has 0 saturated carbocycles. The molecule has 2 rings (SSSR count). The quantitative estimate of drug-likeness (QED) is 0.852. The van der Waals surface area contributed by atoms with Gasteiger partial charge < -0.3 is 10.4 Å². The summed E-state index contributed by atoms with van der Waals surface area (Å²) in [6.07, 6.45) is 0.856. The van der Waals surface area contributed by atoms with Gasteiger partial charge in [-0.3, -0.25) is 4.79 Å². The Bertz CT molecular complexity index is 480. The molecule has 2 N–H and O–H groups in total. The lowest BCUT2D eigenvalue weighted by Gasteiger charge is -2.31. The number of amides is 1. The lowest BCUT2D eigenvalue weighted by atomic mass is 9.72. The smallest absolute Gasteiger partial charge is 0.327 e. The Balaban J connectivity index is 2.49. The third kappa shape index (κ3) is 1.88. The van der Waals surface area contributed by atoms with Gasteiger partial charge in [-0.1, -0.05) is 36.8 Å². The van der Waals surface area contributed by atoms with Crippen molar-refractivity contribution in [3.8, 4) is 0 Å². The molecular formula is C14H17NO3. The minimum atomic E-state index is -0.969. The molecule has 0 radical (unpaired) electrons. The maximum atomic E-state index is 11.6. The Kier molecular flexibility index (Phi) is 3.11. The Labute approximate surface area is 106 Å². The van der Waals surface area contributed by atoms with E-state index in [4.69, 9.17) is 0 Å². The Morgan fingerprint density at radius 2 is 2.06 bits per heavy atom. The predicted molar refractivity (Wildman–Crippen MR) is 67.3 cm³/mol. The molecule has 0 aliphatic carbocycles. The van der Waals surface area contributed by atoms with E-state index in [0.29, 0.717) is 6.42 Å². The van der Waals surface area contributed by atoms with E-state index in [9.17, 15) is 14.7 Å². The van der Waals surface area contributed by atoms with Crippen LogP contribution in [-0.2, 0) is 15.0 Å². The van der Waals surface area contributed by atoms with Crippen molar-refractivity contribution in [2.75, 3.05) is 0 Å². The standard InChI is InChI=1S/C14H17NO3/c1-3-14(10-6-4-9(2)5-7-10)8-11(16)15-12(14)13(17)18/h4-7,12H,3,8H2,1-2H3,(H,15,16)(H,17,18). The van der Waals surface area contributed by atoms with Gasteiger partial charge in [0.05, 0.1) is 0 Å². The van der Waals surface area contributed by atoms with Crippen LogP contribution in [0.1, 0.15) is 30.9 Å². The van der Waals surface area contributed by atoms with Crippen LogP contribution in [0.2, 0.25) is 0 Å². The first-order valence-electron chi connectivity index (χ1n) is 6.09. The Morgan fingerprint density at radius 3 is 2.56 bits per heavy atom. The normalized spacial score (nSPS) is 27.0. The highest BCUT2D eigenvalue weighted by Gasteiger charge is 2.50. The van der Waals surface area contributed by atoms with Crippen molar-refractivity contribution in [2.24, 2.45) is 0 Å². The summed E-state index contributed by atoms with van der Waals surface area (Å²) in [5.41, 5.74) is 1.41. The highest BCUT2D eigenvalue weighted by Crippen LogP contribution is 2.39. The molecule has 0 aromatic heterocycles. The molecule has 1 fully saturated rings. The third-order valence-electron chi connectivity index (χ3n) is 3.84. The van der Waals surface area contributed by atoms with Crippen molar-refractivity contribution in [2.45, 2.75) is 38.1 Å². The summed E-state index contributed by atoms with van der Waals surface area (Å²) in [5.74, 6) is -1.16. The molecule has 0 spiro atoms. The van der Waals surface area contributed by atoms with Crippen LogP contribution >= 0.6 is 0 Å². The van der Waals surface area contributed by atoms with Crippen molar-refractivity contribution in [3.63, 3.8) is 0 Å². The number of nitrogens with one attached hydrogen (secondary N) is 1. The van der Waals surface area contributed by atoms with Crippen LogP contribution in [0.3, 0.4) is 0 Å². The van der Waals surface area contributed by atoms with Crippen LogP contribution in [-0.4, -0.2) is 23.0 Å². The molecule has 18 heavy (non-hydrogen) atoms. The van der Waals surface area contributed by atoms with E-state index in [-0.39, 0.29) is 12.3 Å². The maximum absolute atomic E-state index is 11.6. The van der Waals surface area contributed by atoms with E-state index < -0.39 is 17.4 Å². The average molecular weight is 247 g/mol. The number of aryl methyl sites for hydroxylation is 1. The van der Waals surface area contributed by atoms with Gasteiger partial charge in [0, 0.05) is 11.8 Å². The van der Waals surface area contributed by atoms with Crippen molar-refractivity contribution >= 4 is 11.9 Å². The van der Waals surface area contributed by atoms with Crippen LogP contribution in [0.4, 0.5) is 0 Å². The van der Waals surface area contributed by atoms with Gasteiger partial charge in [0.15, 0.2) is 0 Å². The number of rotatable bonds is 3. The third-order valence-corrected chi connectivity index (χ3v) is 3.84. The van der Waals surface area contributed by atoms with Gasteiger partial charge in [0.25, 0.3) is 0 Å². The van der Waals surface area contributed by atoms with Gasteiger partial charge in [0.1, 0.15) is 6.04 Å². The fraction of sp³-hybridized carbons (Fsp3) is 0.429. The summed E-state index contributed by atoms with van der Waals surface area (Å²) in [6.45, 7) is 3.91. The number of carboxylic acid groups (broad SMARTS) is 1. The van der Waals surface area contributed by atoms with Crippen LogP contribution in [0.15, 0.2) is 24.3 Å². The maximum Gasteiger partial charge on any atom is 0.327 e. The molecule has 1 aliphatic rings. The number of aliphatic carboxylic acids is 1. The highest BCUT2D eigenvalue weighted by atomic mass is 16.4. The number of hydrogen-bond acceptors (Lipinski definition) is 2. The molecule has 1 aliphatic heterocycles. The number of carboxylic acids is 1. The zero-order chi connectivity index (χ0) is 13.3. The molecule has 1 saturated heterocycles. The van der Waals surface area contributed by atoms with Crippen molar-refractivity contribution in [3.05, 3.63) is 35.4 Å². The molecule has 1 aromatic carbocycles. The fourth-order valence-corrected chi connectivity index (χ4v) is 2.72. The van der Waals surface area contributed by atoms with Crippen LogP contribution < -0.4 is 5.32 Å². The number of carbonyl (C=O) groups is 2. The van der Waals surface area contributed by atoms with Crippen LogP contribution in [0.5, 0.6) is 0 Å². The van der Waals surface area contributed by atoms with E-state index >= 15 is 0 Å². The van der Waals surface area contributed by atoms with E-state index in [1.807, 2.05) is 38.1 Å². The first kappa shape index (κ1) is 12.6. The fourth-order valence-electron chi connectivity index (χ4n) is 2.72. The molecule has 4 heteroatoms. The largest absolute Gasteiger partial charge is 0.480 e.